The zero-order valence-electron chi connectivity index (χ0n) is 21.4. The Morgan fingerprint density at radius 3 is 2.79 bits per heavy atom. The Morgan fingerprint density at radius 1 is 1.12 bits per heavy atom. The second kappa shape index (κ2) is 10.6. The van der Waals surface area contributed by atoms with Gasteiger partial charge in [-0.2, -0.15) is 9.65 Å². The van der Waals surface area contributed by atoms with E-state index in [0.29, 0.717) is 46.2 Å². The maximum atomic E-state index is 13.9. The summed E-state index contributed by atoms with van der Waals surface area (Å²) in [5.74, 6) is -2.35. The van der Waals surface area contributed by atoms with Crippen molar-refractivity contribution >= 4 is 61.1 Å². The Hall–Kier alpha value is -4.77. The van der Waals surface area contributed by atoms with E-state index < -0.39 is 17.8 Å². The first-order chi connectivity index (χ1) is 20.5. The fourth-order valence-corrected chi connectivity index (χ4v) is 5.89. The lowest BCUT2D eigenvalue weighted by atomic mass is 10.0. The van der Waals surface area contributed by atoms with E-state index >= 15 is 0 Å². The number of pyridine rings is 2. The fraction of sp³-hybridized carbons (Fsp3) is 0.143. The van der Waals surface area contributed by atoms with E-state index in [1.54, 1.807) is 22.3 Å². The van der Waals surface area contributed by atoms with E-state index in [-0.39, 0.29) is 17.3 Å². The maximum absolute atomic E-state index is 13.9. The van der Waals surface area contributed by atoms with Gasteiger partial charge >= 0.3 is 0 Å². The Kier molecular flexibility index (Phi) is 6.58. The molecule has 42 heavy (non-hydrogen) atoms. The van der Waals surface area contributed by atoms with E-state index in [4.69, 9.17) is 16.3 Å². The standard InChI is InChI=1S/C28H18ClF2N9OS/c29-20-5-15(4-19-24(14(7-32)8-33-25(19)20)37-16-6-21(30)28(31)34-9-16)36-26(18-2-1-3-22-27(18)42-13-35-22)23-10-40(39-38-23)17-11-41-12-17/h1-6,8-10,13,17,26,36H,11-12H2,(H,33,37). The number of halogens is 3. The summed E-state index contributed by atoms with van der Waals surface area (Å²) in [5.41, 5.74) is 5.93. The van der Waals surface area contributed by atoms with Crippen molar-refractivity contribution in [2.45, 2.75) is 12.1 Å². The van der Waals surface area contributed by atoms with Gasteiger partial charge in [0.1, 0.15) is 17.8 Å². The highest BCUT2D eigenvalue weighted by Crippen LogP contribution is 2.38. The van der Waals surface area contributed by atoms with Crippen molar-refractivity contribution < 1.29 is 13.5 Å². The molecule has 5 heterocycles. The zero-order chi connectivity index (χ0) is 28.8. The van der Waals surface area contributed by atoms with Gasteiger partial charge in [0.2, 0.25) is 5.95 Å². The summed E-state index contributed by atoms with van der Waals surface area (Å²) in [6, 6.07) is 12.1. The van der Waals surface area contributed by atoms with Crippen LogP contribution in [0, 0.1) is 23.1 Å². The third-order valence-corrected chi connectivity index (χ3v) is 8.12. The average Bonchev–Trinajstić information content (AvgIpc) is 3.63. The molecule has 7 rings (SSSR count). The minimum Gasteiger partial charge on any atom is -0.377 e. The molecule has 0 spiro atoms. The smallest absolute Gasteiger partial charge is 0.249 e. The number of rotatable bonds is 7. The van der Waals surface area contributed by atoms with Gasteiger partial charge in [0.15, 0.2) is 5.82 Å². The van der Waals surface area contributed by atoms with Crippen LogP contribution in [0.15, 0.2) is 60.5 Å². The molecular weight excluding hydrogens is 584 g/mol. The predicted molar refractivity (Wildman–Crippen MR) is 154 cm³/mol. The Labute approximate surface area is 245 Å². The quantitative estimate of drug-likeness (QED) is 0.207. The summed E-state index contributed by atoms with van der Waals surface area (Å²) in [6.07, 6.45) is 4.40. The van der Waals surface area contributed by atoms with Gasteiger partial charge in [0.05, 0.1) is 74.9 Å². The molecule has 14 heteroatoms. The summed E-state index contributed by atoms with van der Waals surface area (Å²) in [4.78, 5) is 12.3. The van der Waals surface area contributed by atoms with Crippen LogP contribution < -0.4 is 10.6 Å². The topological polar surface area (TPSA) is 126 Å². The van der Waals surface area contributed by atoms with Gasteiger partial charge in [-0.1, -0.05) is 28.9 Å². The molecule has 1 aliphatic heterocycles. The lowest BCUT2D eigenvalue weighted by Gasteiger charge is -2.25. The second-order valence-corrected chi connectivity index (χ2v) is 10.8. The van der Waals surface area contributed by atoms with Crippen LogP contribution >= 0.6 is 22.9 Å². The number of fused-ring (bicyclic) bond motifs is 2. The highest BCUT2D eigenvalue weighted by molar-refractivity contribution is 7.17. The number of aromatic nitrogens is 6. The first-order valence-electron chi connectivity index (χ1n) is 12.7. The third-order valence-electron chi connectivity index (χ3n) is 6.94. The van der Waals surface area contributed by atoms with E-state index in [2.05, 4.69) is 42.0 Å². The maximum Gasteiger partial charge on any atom is 0.249 e. The normalized spacial score (nSPS) is 14.0. The van der Waals surface area contributed by atoms with Gasteiger partial charge in [0.25, 0.3) is 0 Å². The number of nitrogens with zero attached hydrogens (tertiary/aromatic N) is 7. The van der Waals surface area contributed by atoms with Crippen LogP contribution in [-0.2, 0) is 4.74 Å². The first kappa shape index (κ1) is 26.1. The Morgan fingerprint density at radius 2 is 2.00 bits per heavy atom. The van der Waals surface area contributed by atoms with Crippen molar-refractivity contribution in [2.24, 2.45) is 0 Å². The molecule has 1 atom stereocenters. The van der Waals surface area contributed by atoms with Crippen molar-refractivity contribution in [3.8, 4) is 6.07 Å². The van der Waals surface area contributed by atoms with Crippen molar-refractivity contribution in [2.75, 3.05) is 23.8 Å². The number of benzene rings is 2. The Balaban J connectivity index is 1.34. The van der Waals surface area contributed by atoms with Crippen LogP contribution in [0.1, 0.15) is 28.9 Å². The number of ether oxygens (including phenoxy) is 1. The van der Waals surface area contributed by atoms with Crippen LogP contribution in [0.5, 0.6) is 0 Å². The molecule has 2 aromatic carbocycles. The molecule has 0 amide bonds. The van der Waals surface area contributed by atoms with E-state index in [1.165, 1.54) is 17.5 Å². The van der Waals surface area contributed by atoms with Gasteiger partial charge in [-0.25, -0.2) is 19.0 Å². The lowest BCUT2D eigenvalue weighted by molar-refractivity contribution is -0.0293. The number of nitriles is 1. The monoisotopic (exact) mass is 601 g/mol. The number of thiazole rings is 1. The minimum atomic E-state index is -1.22. The molecule has 0 radical (unpaired) electrons. The second-order valence-electron chi connectivity index (χ2n) is 9.57. The van der Waals surface area contributed by atoms with Gasteiger partial charge in [0, 0.05) is 23.3 Å². The summed E-state index contributed by atoms with van der Waals surface area (Å²) < 4.78 is 35.5. The molecule has 2 N–H and O–H groups in total. The van der Waals surface area contributed by atoms with Gasteiger partial charge in [-0.15, -0.1) is 16.4 Å². The van der Waals surface area contributed by atoms with Gasteiger partial charge < -0.3 is 15.4 Å². The lowest BCUT2D eigenvalue weighted by Crippen LogP contribution is -2.31. The fourth-order valence-electron chi connectivity index (χ4n) is 4.79. The number of nitrogens with one attached hydrogen (secondary N) is 2. The van der Waals surface area contributed by atoms with Gasteiger partial charge in [-0.05, 0) is 23.8 Å². The van der Waals surface area contributed by atoms with Crippen LogP contribution in [0.4, 0.5) is 25.8 Å². The summed E-state index contributed by atoms with van der Waals surface area (Å²) >= 11 is 8.24. The van der Waals surface area contributed by atoms with Gasteiger partial charge in [-0.3, -0.25) is 4.98 Å². The van der Waals surface area contributed by atoms with Crippen molar-refractivity contribution in [1.82, 2.24) is 29.9 Å². The van der Waals surface area contributed by atoms with Crippen LogP contribution in [-0.4, -0.2) is 43.2 Å². The van der Waals surface area contributed by atoms with Crippen LogP contribution in [0.3, 0.4) is 0 Å². The number of hydrogen-bond donors (Lipinski definition) is 2. The first-order valence-corrected chi connectivity index (χ1v) is 13.9. The summed E-state index contributed by atoms with van der Waals surface area (Å²) in [5, 5.41) is 26.0. The number of hydrogen-bond acceptors (Lipinski definition) is 10. The predicted octanol–water partition coefficient (Wildman–Crippen LogP) is 6.15. The van der Waals surface area contributed by atoms with Crippen molar-refractivity contribution in [1.29, 1.82) is 5.26 Å². The molecule has 0 bridgehead atoms. The largest absolute Gasteiger partial charge is 0.377 e. The molecular formula is C28H18ClF2N9OS. The highest BCUT2D eigenvalue weighted by Gasteiger charge is 2.26. The van der Waals surface area contributed by atoms with E-state index in [1.807, 2.05) is 24.4 Å². The van der Waals surface area contributed by atoms with Crippen LogP contribution in [0.2, 0.25) is 5.02 Å². The van der Waals surface area contributed by atoms with Crippen LogP contribution in [0.25, 0.3) is 21.1 Å². The third kappa shape index (κ3) is 4.65. The molecule has 1 aliphatic rings. The molecule has 0 aliphatic carbocycles. The molecule has 1 saturated heterocycles. The van der Waals surface area contributed by atoms with E-state index in [0.717, 1.165) is 28.0 Å². The Bertz CT molecular complexity index is 2020. The summed E-state index contributed by atoms with van der Waals surface area (Å²) in [7, 11) is 0. The van der Waals surface area contributed by atoms with E-state index in [9.17, 15) is 14.0 Å². The highest BCUT2D eigenvalue weighted by atomic mass is 35.5. The zero-order valence-corrected chi connectivity index (χ0v) is 23.0. The summed E-state index contributed by atoms with van der Waals surface area (Å²) in [6.45, 7) is 1.15. The molecule has 10 nitrogen and oxygen atoms in total. The molecule has 1 unspecified atom stereocenters. The molecule has 208 valence electrons. The molecule has 6 aromatic rings. The number of anilines is 3. The molecule has 1 fully saturated rings. The molecule has 4 aromatic heterocycles. The van der Waals surface area contributed by atoms with Crippen molar-refractivity contribution in [3.05, 3.63) is 94.1 Å². The molecule has 0 saturated carbocycles. The van der Waals surface area contributed by atoms with Crippen molar-refractivity contribution in [3.63, 3.8) is 0 Å². The minimum absolute atomic E-state index is 0.121. The average molecular weight is 602 g/mol. The SMILES string of the molecule is N#Cc1cnc2c(Cl)cc(NC(c3cn(C4COC4)nn3)c3cccc4ncsc34)cc2c1Nc1cnc(F)c(F)c1.